The van der Waals surface area contributed by atoms with E-state index in [4.69, 9.17) is 0 Å². The van der Waals surface area contributed by atoms with Gasteiger partial charge >= 0.3 is 0 Å². The first-order chi connectivity index (χ1) is 17.3. The highest BCUT2D eigenvalue weighted by Gasteiger charge is 2.21. The molecule has 2 amide bonds. The second-order valence-electron chi connectivity index (χ2n) is 8.80. The van der Waals surface area contributed by atoms with E-state index in [1.165, 1.54) is 0 Å². The number of anilines is 2. The predicted molar refractivity (Wildman–Crippen MR) is 143 cm³/mol. The first-order valence-corrected chi connectivity index (χ1v) is 11.5. The summed E-state index contributed by atoms with van der Waals surface area (Å²) in [5.41, 5.74) is 3.42. The van der Waals surface area contributed by atoms with Crippen molar-refractivity contribution in [3.63, 3.8) is 0 Å². The molecule has 0 saturated carbocycles. The van der Waals surface area contributed by atoms with Gasteiger partial charge in [0.2, 0.25) is 0 Å². The van der Waals surface area contributed by atoms with Crippen molar-refractivity contribution >= 4 is 44.7 Å². The van der Waals surface area contributed by atoms with Crippen molar-refractivity contribution in [1.82, 2.24) is 0 Å². The van der Waals surface area contributed by atoms with Crippen LogP contribution in [0.4, 0.5) is 11.4 Å². The van der Waals surface area contributed by atoms with Crippen molar-refractivity contribution in [3.05, 3.63) is 107 Å². The van der Waals surface area contributed by atoms with Gasteiger partial charge in [0.05, 0.1) is 22.1 Å². The monoisotopic (exact) mass is 476 g/mol. The van der Waals surface area contributed by atoms with Crippen LogP contribution in [0.3, 0.4) is 0 Å². The molecule has 5 aromatic rings. The molecule has 5 rings (SSSR count). The Morgan fingerprint density at radius 2 is 1.00 bits per heavy atom. The average Bonchev–Trinajstić information content (AvgIpc) is 2.88. The fourth-order valence-corrected chi connectivity index (χ4v) is 4.43. The Morgan fingerprint density at radius 3 is 1.39 bits per heavy atom. The minimum absolute atomic E-state index is 0.107. The zero-order valence-corrected chi connectivity index (χ0v) is 19.8. The van der Waals surface area contributed by atoms with Crippen molar-refractivity contribution in [1.29, 1.82) is 0 Å². The SMILES string of the molecule is Cc1cccc(C(=O)Nc2ccc(NC(=O)c3cccc(C)c3)c3c(O)c4ccccc4c(O)c23)c1. The number of aromatic hydroxyl groups is 2. The van der Waals surface area contributed by atoms with E-state index < -0.39 is 0 Å². The molecule has 4 N–H and O–H groups in total. The Labute approximate surface area is 207 Å². The van der Waals surface area contributed by atoms with E-state index in [1.54, 1.807) is 72.8 Å². The number of carbonyl (C=O) groups excluding carboxylic acids is 2. The van der Waals surface area contributed by atoms with Gasteiger partial charge in [-0.1, -0.05) is 59.7 Å². The van der Waals surface area contributed by atoms with Crippen LogP contribution in [0.25, 0.3) is 21.5 Å². The van der Waals surface area contributed by atoms with Crippen molar-refractivity contribution in [3.8, 4) is 11.5 Å². The molecule has 0 fully saturated rings. The molecule has 36 heavy (non-hydrogen) atoms. The standard InChI is InChI=1S/C30H24N2O4/c1-17-7-5-9-19(15-17)29(35)31-23-13-14-24(32-30(36)20-10-6-8-18(2)16-20)26-25(23)27(33)21-11-3-4-12-22(21)28(26)34/h3-16,33-34H,1-2H3,(H,31,35)(H,32,36). The van der Waals surface area contributed by atoms with Gasteiger partial charge in [-0.25, -0.2) is 0 Å². The minimum atomic E-state index is -0.358. The zero-order chi connectivity index (χ0) is 25.4. The van der Waals surface area contributed by atoms with Crippen LogP contribution in [-0.2, 0) is 0 Å². The number of carbonyl (C=O) groups is 2. The number of benzene rings is 5. The summed E-state index contributed by atoms with van der Waals surface area (Å²) in [6.07, 6.45) is 0. The molecular weight excluding hydrogens is 452 g/mol. The number of aryl methyl sites for hydroxylation is 2. The van der Waals surface area contributed by atoms with Gasteiger partial charge in [0, 0.05) is 21.9 Å². The molecule has 0 aliphatic heterocycles. The van der Waals surface area contributed by atoms with E-state index in [2.05, 4.69) is 10.6 Å². The number of hydrogen-bond acceptors (Lipinski definition) is 4. The van der Waals surface area contributed by atoms with Gasteiger partial charge in [0.1, 0.15) is 11.5 Å². The number of phenols is 2. The third-order valence-electron chi connectivity index (χ3n) is 6.17. The maximum atomic E-state index is 13.0. The summed E-state index contributed by atoms with van der Waals surface area (Å²) >= 11 is 0. The lowest BCUT2D eigenvalue weighted by Crippen LogP contribution is -2.14. The molecule has 0 heterocycles. The molecule has 0 atom stereocenters. The van der Waals surface area contributed by atoms with Crippen molar-refractivity contribution < 1.29 is 19.8 Å². The Bertz CT molecular complexity index is 1550. The van der Waals surface area contributed by atoms with Crippen molar-refractivity contribution in [2.24, 2.45) is 0 Å². The molecule has 0 saturated heterocycles. The molecule has 0 bridgehead atoms. The molecule has 6 nitrogen and oxygen atoms in total. The van der Waals surface area contributed by atoms with Crippen LogP contribution in [0.1, 0.15) is 31.8 Å². The van der Waals surface area contributed by atoms with Gasteiger partial charge in [-0.05, 0) is 50.2 Å². The third-order valence-corrected chi connectivity index (χ3v) is 6.17. The van der Waals surface area contributed by atoms with Crippen LogP contribution >= 0.6 is 0 Å². The molecule has 0 aromatic heterocycles. The topological polar surface area (TPSA) is 98.7 Å². The van der Waals surface area contributed by atoms with Gasteiger partial charge in [-0.3, -0.25) is 9.59 Å². The molecule has 5 aromatic carbocycles. The van der Waals surface area contributed by atoms with Crippen molar-refractivity contribution in [2.45, 2.75) is 13.8 Å². The lowest BCUT2D eigenvalue weighted by molar-refractivity contribution is 0.101. The number of nitrogens with one attached hydrogen (secondary N) is 2. The maximum absolute atomic E-state index is 13.0. The van der Waals surface area contributed by atoms with Gasteiger partial charge in [0.25, 0.3) is 11.8 Å². The fourth-order valence-electron chi connectivity index (χ4n) is 4.43. The number of hydrogen-bond donors (Lipinski definition) is 4. The number of fused-ring (bicyclic) bond motifs is 2. The molecule has 0 radical (unpaired) electrons. The first kappa shape index (κ1) is 22.9. The fraction of sp³-hybridized carbons (Fsp3) is 0.0667. The molecule has 0 spiro atoms. The lowest BCUT2D eigenvalue weighted by atomic mass is 9.97. The normalized spacial score (nSPS) is 10.9. The van der Waals surface area contributed by atoms with E-state index in [0.717, 1.165) is 11.1 Å². The summed E-state index contributed by atoms with van der Waals surface area (Å²) < 4.78 is 0. The summed E-state index contributed by atoms with van der Waals surface area (Å²) in [5, 5.41) is 29.6. The van der Waals surface area contributed by atoms with E-state index in [0.29, 0.717) is 33.3 Å². The number of rotatable bonds is 4. The molecule has 0 aliphatic carbocycles. The molecular formula is C30H24N2O4. The van der Waals surface area contributed by atoms with Crippen LogP contribution in [-0.4, -0.2) is 22.0 Å². The lowest BCUT2D eigenvalue weighted by Gasteiger charge is -2.18. The highest BCUT2D eigenvalue weighted by Crippen LogP contribution is 2.47. The molecule has 6 heteroatoms. The van der Waals surface area contributed by atoms with E-state index in [9.17, 15) is 19.8 Å². The Morgan fingerprint density at radius 1 is 0.583 bits per heavy atom. The van der Waals surface area contributed by atoms with E-state index in [-0.39, 0.29) is 34.1 Å². The minimum Gasteiger partial charge on any atom is -0.507 e. The Kier molecular flexibility index (Phi) is 5.78. The second-order valence-corrected chi connectivity index (χ2v) is 8.80. The molecule has 178 valence electrons. The summed E-state index contributed by atoms with van der Waals surface area (Å²) in [5.74, 6) is -0.929. The summed E-state index contributed by atoms with van der Waals surface area (Å²) in [4.78, 5) is 26.0. The third kappa shape index (κ3) is 4.09. The average molecular weight is 477 g/mol. The number of amides is 2. The van der Waals surface area contributed by atoms with Gasteiger partial charge < -0.3 is 20.8 Å². The van der Waals surface area contributed by atoms with Crippen LogP contribution in [0.2, 0.25) is 0 Å². The van der Waals surface area contributed by atoms with E-state index in [1.807, 2.05) is 26.0 Å². The van der Waals surface area contributed by atoms with Gasteiger partial charge in [0.15, 0.2) is 0 Å². The highest BCUT2D eigenvalue weighted by atomic mass is 16.3. The molecule has 0 aliphatic rings. The smallest absolute Gasteiger partial charge is 0.255 e. The van der Waals surface area contributed by atoms with Gasteiger partial charge in [-0.2, -0.15) is 0 Å². The maximum Gasteiger partial charge on any atom is 0.255 e. The summed E-state index contributed by atoms with van der Waals surface area (Å²) in [6, 6.07) is 24.4. The Hall–Kier alpha value is -4.84. The predicted octanol–water partition coefficient (Wildman–Crippen LogP) is 6.53. The molecule has 0 unspecified atom stereocenters. The summed E-state index contributed by atoms with van der Waals surface area (Å²) in [7, 11) is 0. The van der Waals surface area contributed by atoms with Crippen LogP contribution in [0, 0.1) is 13.8 Å². The second kappa shape index (κ2) is 9.07. The quantitative estimate of drug-likeness (QED) is 0.175. The largest absolute Gasteiger partial charge is 0.507 e. The van der Waals surface area contributed by atoms with Gasteiger partial charge in [-0.15, -0.1) is 0 Å². The van der Waals surface area contributed by atoms with Crippen LogP contribution in [0.5, 0.6) is 11.5 Å². The first-order valence-electron chi connectivity index (χ1n) is 11.5. The van der Waals surface area contributed by atoms with Crippen LogP contribution in [0.15, 0.2) is 84.9 Å². The summed E-state index contributed by atoms with van der Waals surface area (Å²) in [6.45, 7) is 3.79. The zero-order valence-electron chi connectivity index (χ0n) is 19.8. The van der Waals surface area contributed by atoms with Crippen molar-refractivity contribution in [2.75, 3.05) is 10.6 Å². The number of phenolic OH excluding ortho intramolecular Hbond substituents is 2. The van der Waals surface area contributed by atoms with E-state index >= 15 is 0 Å². The highest BCUT2D eigenvalue weighted by molar-refractivity contribution is 6.23. The van der Waals surface area contributed by atoms with Crippen LogP contribution < -0.4 is 10.6 Å². The Balaban J connectivity index is 1.68.